The number of hydrogen-bond acceptors (Lipinski definition) is 3. The molecule has 3 fully saturated rings. The molecule has 6 rings (SSSR count). The fraction of sp³-hybridized carbons (Fsp3) is 0.536. The molecule has 2 aromatic carbocycles. The molecule has 2 aromatic rings. The van der Waals surface area contributed by atoms with Gasteiger partial charge in [0.2, 0.25) is 0 Å². The second-order valence-electron chi connectivity index (χ2n) is 10.6. The van der Waals surface area contributed by atoms with E-state index in [-0.39, 0.29) is 23.7 Å². The van der Waals surface area contributed by atoms with Crippen molar-refractivity contribution < 1.29 is 9.53 Å². The molecule has 3 saturated heterocycles. The molecule has 1 aliphatic carbocycles. The molecule has 4 nitrogen and oxygen atoms in total. The second kappa shape index (κ2) is 8.55. The molecule has 0 aromatic heterocycles. The van der Waals surface area contributed by atoms with Crippen LogP contribution >= 0.6 is 0 Å². The zero-order valence-electron chi connectivity index (χ0n) is 19.7. The van der Waals surface area contributed by atoms with Crippen LogP contribution in [-0.4, -0.2) is 36.7 Å². The van der Waals surface area contributed by atoms with Crippen LogP contribution in [0.5, 0.6) is 0 Å². The first-order valence-corrected chi connectivity index (χ1v) is 12.3. The van der Waals surface area contributed by atoms with E-state index in [1.165, 1.54) is 27.8 Å². The summed E-state index contributed by atoms with van der Waals surface area (Å²) in [6.45, 7) is 9.90. The van der Waals surface area contributed by atoms with Gasteiger partial charge in [0.05, 0.1) is 6.04 Å². The molecule has 0 spiro atoms. The molecule has 1 unspecified atom stereocenters. The molecule has 32 heavy (non-hydrogen) atoms. The van der Waals surface area contributed by atoms with Gasteiger partial charge in [-0.3, -0.25) is 4.90 Å². The monoisotopic (exact) mass is 432 g/mol. The number of piperidine rings is 3. The van der Waals surface area contributed by atoms with E-state index in [1.807, 2.05) is 0 Å². The first kappa shape index (κ1) is 21.5. The number of rotatable bonds is 4. The van der Waals surface area contributed by atoms with Gasteiger partial charge < -0.3 is 10.1 Å². The summed E-state index contributed by atoms with van der Waals surface area (Å²) in [7, 11) is 0. The summed E-state index contributed by atoms with van der Waals surface area (Å²) in [5.41, 5.74) is 6.46. The second-order valence-corrected chi connectivity index (χ2v) is 10.6. The van der Waals surface area contributed by atoms with Crippen LogP contribution in [-0.2, 0) is 17.6 Å². The molecular formula is C28H36N2O2. The van der Waals surface area contributed by atoms with Crippen LogP contribution in [0.4, 0.5) is 4.79 Å². The summed E-state index contributed by atoms with van der Waals surface area (Å²) >= 11 is 0. The highest BCUT2D eigenvalue weighted by molar-refractivity contribution is 5.70. The lowest BCUT2D eigenvalue weighted by molar-refractivity contribution is -0.0353. The highest BCUT2D eigenvalue weighted by atomic mass is 16.6. The lowest BCUT2D eigenvalue weighted by atomic mass is 9.70. The standard InChI is InChI=1S/C28H36N2O2/c1-4-19-6-5-7-21(16-19)22-8-9-24-23(17-22)10-13-28(2,3)26(24)29-27(31)32-25-18-30-14-11-20(25)12-15-30/h5-9,16-17,20,25-26H,4,10-15,18H2,1-3H3,(H,29,31)/t25-,26?/m0/s1. The van der Waals surface area contributed by atoms with Crippen LogP contribution < -0.4 is 5.32 Å². The molecule has 4 heteroatoms. The largest absolute Gasteiger partial charge is 0.445 e. The minimum atomic E-state index is -0.255. The van der Waals surface area contributed by atoms with E-state index in [1.54, 1.807) is 0 Å². The van der Waals surface area contributed by atoms with Gasteiger partial charge in [0.1, 0.15) is 6.10 Å². The first-order valence-electron chi connectivity index (χ1n) is 12.3. The van der Waals surface area contributed by atoms with Crippen molar-refractivity contribution in [3.8, 4) is 11.1 Å². The molecular weight excluding hydrogens is 396 g/mol. The highest BCUT2D eigenvalue weighted by Gasteiger charge is 2.40. The summed E-state index contributed by atoms with van der Waals surface area (Å²) in [5, 5.41) is 3.27. The van der Waals surface area contributed by atoms with E-state index in [0.717, 1.165) is 51.7 Å². The normalized spacial score (nSPS) is 28.1. The van der Waals surface area contributed by atoms with E-state index >= 15 is 0 Å². The van der Waals surface area contributed by atoms with Gasteiger partial charge in [0, 0.05) is 6.54 Å². The summed E-state index contributed by atoms with van der Waals surface area (Å²) in [6, 6.07) is 15.5. The third kappa shape index (κ3) is 4.17. The Morgan fingerprint density at radius 1 is 1.12 bits per heavy atom. The van der Waals surface area contributed by atoms with E-state index in [2.05, 4.69) is 73.5 Å². The number of nitrogens with one attached hydrogen (secondary N) is 1. The van der Waals surface area contributed by atoms with Crippen LogP contribution in [0.2, 0.25) is 0 Å². The number of aryl methyl sites for hydroxylation is 2. The van der Waals surface area contributed by atoms with Gasteiger partial charge in [-0.1, -0.05) is 63.2 Å². The van der Waals surface area contributed by atoms with Crippen molar-refractivity contribution in [1.82, 2.24) is 10.2 Å². The number of hydrogen-bond donors (Lipinski definition) is 1. The number of fused-ring (bicyclic) bond motifs is 4. The predicted octanol–water partition coefficient (Wildman–Crippen LogP) is 5.75. The molecule has 1 amide bonds. The van der Waals surface area contributed by atoms with Crippen molar-refractivity contribution in [2.75, 3.05) is 19.6 Å². The quantitative estimate of drug-likeness (QED) is 0.669. The van der Waals surface area contributed by atoms with Gasteiger partial charge in [-0.05, 0) is 84.3 Å². The summed E-state index contributed by atoms with van der Waals surface area (Å²) < 4.78 is 5.96. The Morgan fingerprint density at radius 3 is 2.62 bits per heavy atom. The summed E-state index contributed by atoms with van der Waals surface area (Å²) in [4.78, 5) is 15.4. The Morgan fingerprint density at radius 2 is 1.91 bits per heavy atom. The van der Waals surface area contributed by atoms with Gasteiger partial charge in [-0.25, -0.2) is 4.79 Å². The fourth-order valence-electron chi connectivity index (χ4n) is 5.88. The minimum absolute atomic E-state index is 0.00919. The Labute approximate surface area is 192 Å². The maximum absolute atomic E-state index is 13.0. The van der Waals surface area contributed by atoms with Gasteiger partial charge in [-0.15, -0.1) is 0 Å². The van der Waals surface area contributed by atoms with Crippen LogP contribution in [0.15, 0.2) is 42.5 Å². The van der Waals surface area contributed by atoms with Gasteiger partial charge >= 0.3 is 6.09 Å². The lowest BCUT2D eigenvalue weighted by Crippen LogP contribution is -2.53. The minimum Gasteiger partial charge on any atom is -0.445 e. The number of nitrogens with zero attached hydrogens (tertiary/aromatic N) is 1. The number of carbonyl (C=O) groups excluding carboxylic acids is 1. The lowest BCUT2D eigenvalue weighted by Gasteiger charge is -2.44. The molecule has 1 N–H and O–H groups in total. The Kier molecular flexibility index (Phi) is 5.75. The summed E-state index contributed by atoms with van der Waals surface area (Å²) in [5.74, 6) is 0.527. The number of carbonyl (C=O) groups is 1. The molecule has 0 radical (unpaired) electrons. The zero-order valence-corrected chi connectivity index (χ0v) is 19.7. The Hall–Kier alpha value is -2.33. The molecule has 0 saturated carbocycles. The molecule has 3 heterocycles. The average molecular weight is 433 g/mol. The Bertz CT molecular complexity index is 991. The van der Waals surface area contributed by atoms with Gasteiger partial charge in [-0.2, -0.15) is 0 Å². The topological polar surface area (TPSA) is 41.6 Å². The maximum Gasteiger partial charge on any atom is 0.407 e. The average Bonchev–Trinajstić information content (AvgIpc) is 2.81. The zero-order chi connectivity index (χ0) is 22.3. The van der Waals surface area contributed by atoms with E-state index in [0.29, 0.717) is 5.92 Å². The smallest absolute Gasteiger partial charge is 0.407 e. The summed E-state index contributed by atoms with van der Waals surface area (Å²) in [6.07, 6.45) is 5.21. The van der Waals surface area contributed by atoms with Crippen LogP contribution in [0, 0.1) is 11.3 Å². The number of benzene rings is 2. The maximum atomic E-state index is 13.0. The van der Waals surface area contributed by atoms with Gasteiger partial charge in [0.25, 0.3) is 0 Å². The van der Waals surface area contributed by atoms with Crippen LogP contribution in [0.3, 0.4) is 0 Å². The van der Waals surface area contributed by atoms with Crippen molar-refractivity contribution in [3.05, 3.63) is 59.2 Å². The fourth-order valence-corrected chi connectivity index (χ4v) is 5.88. The number of alkyl carbamates (subject to hydrolysis) is 1. The highest BCUT2D eigenvalue weighted by Crippen LogP contribution is 2.44. The van der Waals surface area contributed by atoms with Crippen LogP contribution in [0.1, 0.15) is 62.8 Å². The van der Waals surface area contributed by atoms with Crippen LogP contribution in [0.25, 0.3) is 11.1 Å². The Balaban J connectivity index is 1.35. The van der Waals surface area contributed by atoms with Crippen molar-refractivity contribution in [3.63, 3.8) is 0 Å². The molecule has 2 bridgehead atoms. The number of ether oxygens (including phenoxy) is 1. The van der Waals surface area contributed by atoms with Crippen molar-refractivity contribution in [1.29, 1.82) is 0 Å². The predicted molar refractivity (Wildman–Crippen MR) is 129 cm³/mol. The van der Waals surface area contributed by atoms with E-state index in [4.69, 9.17) is 4.74 Å². The van der Waals surface area contributed by atoms with Crippen molar-refractivity contribution in [2.24, 2.45) is 11.3 Å². The van der Waals surface area contributed by atoms with Gasteiger partial charge in [0.15, 0.2) is 0 Å². The van der Waals surface area contributed by atoms with E-state index in [9.17, 15) is 4.79 Å². The molecule has 170 valence electrons. The SMILES string of the molecule is CCc1cccc(-c2ccc3c(c2)CCC(C)(C)C3NC(=O)O[C@H]2CN3CCC2CC3)c1. The molecule has 2 atom stereocenters. The first-order chi connectivity index (χ1) is 15.4. The van der Waals surface area contributed by atoms with E-state index < -0.39 is 0 Å². The third-order valence-electron chi connectivity index (χ3n) is 8.06. The number of amides is 1. The van der Waals surface area contributed by atoms with Crippen molar-refractivity contribution in [2.45, 2.75) is 65.0 Å². The molecule has 4 aliphatic rings. The molecule has 3 aliphatic heterocycles. The third-order valence-corrected chi connectivity index (χ3v) is 8.06. The van der Waals surface area contributed by atoms with Crippen molar-refractivity contribution >= 4 is 6.09 Å².